The molecule has 0 unspecified atom stereocenters. The Hall–Kier alpha value is -1.72. The van der Waals surface area contributed by atoms with E-state index in [1.54, 1.807) is 0 Å². The molecule has 0 bridgehead atoms. The van der Waals surface area contributed by atoms with Crippen LogP contribution in [0.4, 0.5) is 0 Å². The molecule has 1 saturated carbocycles. The van der Waals surface area contributed by atoms with Crippen LogP contribution in [0.3, 0.4) is 0 Å². The minimum absolute atomic E-state index is 0.0466. The quantitative estimate of drug-likeness (QED) is 0.351. The van der Waals surface area contributed by atoms with Gasteiger partial charge in [-0.25, -0.2) is 0 Å². The number of likely N-dealkylation sites (N-methyl/N-ethyl adjacent to an activating group) is 1. The van der Waals surface area contributed by atoms with E-state index in [2.05, 4.69) is 60.8 Å². The van der Waals surface area contributed by atoms with Crippen LogP contribution in [0.25, 0.3) is 0 Å². The van der Waals surface area contributed by atoms with Crippen LogP contribution in [0.15, 0.2) is 60.7 Å². The van der Waals surface area contributed by atoms with Crippen molar-refractivity contribution in [1.29, 1.82) is 0 Å². The second-order valence-corrected chi connectivity index (χ2v) is 8.19. The van der Waals surface area contributed by atoms with Crippen LogP contribution in [0.5, 0.6) is 0 Å². The first-order chi connectivity index (χ1) is 14.8. The normalized spacial score (nSPS) is 23.7. The fraction of sp³-hybridized carbons (Fsp3) is 0.538. The first-order valence-electron chi connectivity index (χ1n) is 11.4. The van der Waals surface area contributed by atoms with Gasteiger partial charge in [-0.1, -0.05) is 86.8 Å². The van der Waals surface area contributed by atoms with Gasteiger partial charge in [0.1, 0.15) is 11.8 Å². The van der Waals surface area contributed by atoms with Gasteiger partial charge in [-0.15, -0.1) is 0 Å². The highest BCUT2D eigenvalue weighted by molar-refractivity contribution is 5.14. The van der Waals surface area contributed by atoms with Crippen LogP contribution in [-0.2, 0) is 27.4 Å². The van der Waals surface area contributed by atoms with E-state index in [1.165, 1.54) is 30.4 Å². The molecule has 4 nitrogen and oxygen atoms in total. The molecular formula is C26H37NO3. The molecule has 2 aromatic rings. The van der Waals surface area contributed by atoms with Crippen molar-refractivity contribution in [2.75, 3.05) is 13.7 Å². The van der Waals surface area contributed by atoms with Crippen molar-refractivity contribution in [2.45, 2.75) is 76.6 Å². The number of unbranched alkanes of at least 4 members (excludes halogenated alkanes) is 3. The third-order valence-electron chi connectivity index (χ3n) is 5.93. The zero-order chi connectivity index (χ0) is 21.1. The minimum atomic E-state index is -0.498. The average Bonchev–Trinajstić information content (AvgIpc) is 3.15. The summed E-state index contributed by atoms with van der Waals surface area (Å²) in [5.74, 6) is 0. The summed E-state index contributed by atoms with van der Waals surface area (Å²) in [6, 6.07) is 20.7. The molecule has 1 aliphatic rings. The zero-order valence-corrected chi connectivity index (χ0v) is 18.5. The van der Waals surface area contributed by atoms with Gasteiger partial charge in [-0.05, 0) is 24.6 Å². The molecule has 0 aromatic heterocycles. The Bertz CT molecular complexity index is 709. The van der Waals surface area contributed by atoms with Crippen LogP contribution in [-0.4, -0.2) is 31.6 Å². The van der Waals surface area contributed by atoms with Gasteiger partial charge in [0.2, 0.25) is 0 Å². The first-order valence-corrected chi connectivity index (χ1v) is 11.4. The van der Waals surface area contributed by atoms with Gasteiger partial charge in [0.15, 0.2) is 0 Å². The van der Waals surface area contributed by atoms with Crippen molar-refractivity contribution in [3.05, 3.63) is 71.8 Å². The molecule has 1 N–H and O–H groups in total. The van der Waals surface area contributed by atoms with E-state index in [9.17, 15) is 0 Å². The fourth-order valence-electron chi connectivity index (χ4n) is 4.14. The Morgan fingerprint density at radius 1 is 0.867 bits per heavy atom. The molecule has 4 heteroatoms. The molecule has 0 amide bonds. The third kappa shape index (κ3) is 6.64. The number of rotatable bonds is 13. The highest BCUT2D eigenvalue weighted by atomic mass is 16.6. The van der Waals surface area contributed by atoms with Gasteiger partial charge < -0.3 is 14.2 Å². The Labute approximate surface area is 181 Å². The van der Waals surface area contributed by atoms with E-state index < -0.39 is 5.72 Å². The summed E-state index contributed by atoms with van der Waals surface area (Å²) in [6.45, 7) is 4.18. The summed E-state index contributed by atoms with van der Waals surface area (Å²) in [4.78, 5) is 0. The van der Waals surface area contributed by atoms with Gasteiger partial charge in [0.05, 0.1) is 19.3 Å². The predicted octanol–water partition coefficient (Wildman–Crippen LogP) is 5.46. The summed E-state index contributed by atoms with van der Waals surface area (Å²) in [5, 5.41) is 3.46. The summed E-state index contributed by atoms with van der Waals surface area (Å²) in [7, 11) is 1.98. The lowest BCUT2D eigenvalue weighted by molar-refractivity contribution is -0.151. The number of hydrogen-bond acceptors (Lipinski definition) is 4. The maximum atomic E-state index is 6.45. The lowest BCUT2D eigenvalue weighted by atomic mass is 10.1. The SMILES string of the molecule is CCCCCCO[C@@]1(NC)C[C@@H](OCc2ccccc2)C[C@H]1OCc1ccccc1. The van der Waals surface area contributed by atoms with Crippen LogP contribution >= 0.6 is 0 Å². The van der Waals surface area contributed by atoms with Crippen LogP contribution < -0.4 is 5.32 Å². The second-order valence-electron chi connectivity index (χ2n) is 8.19. The van der Waals surface area contributed by atoms with Gasteiger partial charge in [-0.2, -0.15) is 0 Å². The van der Waals surface area contributed by atoms with Crippen molar-refractivity contribution in [3.63, 3.8) is 0 Å². The maximum Gasteiger partial charge on any atom is 0.147 e. The largest absolute Gasteiger partial charge is 0.373 e. The Morgan fingerprint density at radius 2 is 1.50 bits per heavy atom. The van der Waals surface area contributed by atoms with Crippen molar-refractivity contribution in [1.82, 2.24) is 5.32 Å². The Morgan fingerprint density at radius 3 is 2.10 bits per heavy atom. The van der Waals surface area contributed by atoms with E-state index in [4.69, 9.17) is 14.2 Å². The van der Waals surface area contributed by atoms with Crippen molar-refractivity contribution < 1.29 is 14.2 Å². The van der Waals surface area contributed by atoms with E-state index in [1.807, 2.05) is 19.2 Å². The standard InChI is InChI=1S/C26H37NO3/c1-3-4-5-12-17-30-26(27-2)19-24(28-20-22-13-8-6-9-14-22)18-25(26)29-21-23-15-10-7-11-16-23/h6-11,13-16,24-25,27H,3-5,12,17-21H2,1-2H3/t24-,25+,26-/m0/s1. The highest BCUT2D eigenvalue weighted by Gasteiger charge is 2.49. The molecule has 0 spiro atoms. The number of hydrogen-bond donors (Lipinski definition) is 1. The van der Waals surface area contributed by atoms with Gasteiger partial charge >= 0.3 is 0 Å². The zero-order valence-electron chi connectivity index (χ0n) is 18.5. The monoisotopic (exact) mass is 411 g/mol. The number of benzene rings is 2. The third-order valence-corrected chi connectivity index (χ3v) is 5.93. The smallest absolute Gasteiger partial charge is 0.147 e. The molecule has 164 valence electrons. The topological polar surface area (TPSA) is 39.7 Å². The van der Waals surface area contributed by atoms with Crippen molar-refractivity contribution >= 4 is 0 Å². The average molecular weight is 412 g/mol. The lowest BCUT2D eigenvalue weighted by Crippen LogP contribution is -2.53. The molecule has 0 aliphatic heterocycles. The van der Waals surface area contributed by atoms with Crippen LogP contribution in [0, 0.1) is 0 Å². The van der Waals surface area contributed by atoms with Gasteiger partial charge in [-0.3, -0.25) is 5.32 Å². The molecule has 30 heavy (non-hydrogen) atoms. The van der Waals surface area contributed by atoms with Crippen LogP contribution in [0.1, 0.15) is 56.6 Å². The van der Waals surface area contributed by atoms with E-state index in [0.717, 1.165) is 25.9 Å². The summed E-state index contributed by atoms with van der Waals surface area (Å²) < 4.78 is 19.1. The van der Waals surface area contributed by atoms with E-state index in [-0.39, 0.29) is 12.2 Å². The lowest BCUT2D eigenvalue weighted by Gasteiger charge is -2.35. The van der Waals surface area contributed by atoms with Gasteiger partial charge in [0.25, 0.3) is 0 Å². The summed E-state index contributed by atoms with van der Waals surface area (Å²) in [5.41, 5.74) is 1.88. The predicted molar refractivity (Wildman–Crippen MR) is 121 cm³/mol. The molecule has 2 aromatic carbocycles. The fourth-order valence-corrected chi connectivity index (χ4v) is 4.14. The molecule has 3 rings (SSSR count). The number of nitrogens with one attached hydrogen (secondary N) is 1. The van der Waals surface area contributed by atoms with Crippen molar-refractivity contribution in [3.8, 4) is 0 Å². The Kier molecular flexibility index (Phi) is 9.34. The number of ether oxygens (including phenoxy) is 3. The molecule has 0 heterocycles. The molecule has 1 aliphatic carbocycles. The minimum Gasteiger partial charge on any atom is -0.373 e. The van der Waals surface area contributed by atoms with Crippen LogP contribution in [0.2, 0.25) is 0 Å². The Balaban J connectivity index is 1.61. The molecule has 0 saturated heterocycles. The maximum absolute atomic E-state index is 6.45. The molecule has 1 fully saturated rings. The molecular weight excluding hydrogens is 374 g/mol. The first kappa shape index (κ1) is 23.0. The van der Waals surface area contributed by atoms with E-state index in [0.29, 0.717) is 13.2 Å². The van der Waals surface area contributed by atoms with Gasteiger partial charge in [0, 0.05) is 19.4 Å². The van der Waals surface area contributed by atoms with Crippen molar-refractivity contribution in [2.24, 2.45) is 0 Å². The summed E-state index contributed by atoms with van der Waals surface area (Å²) in [6.07, 6.45) is 6.46. The highest BCUT2D eigenvalue weighted by Crippen LogP contribution is 2.36. The second kappa shape index (κ2) is 12.2. The summed E-state index contributed by atoms with van der Waals surface area (Å²) >= 11 is 0. The molecule has 3 atom stereocenters. The molecule has 0 radical (unpaired) electrons. The van der Waals surface area contributed by atoms with E-state index >= 15 is 0 Å².